The van der Waals surface area contributed by atoms with E-state index in [2.05, 4.69) is 16.0 Å². The van der Waals surface area contributed by atoms with Gasteiger partial charge in [-0.25, -0.2) is 0 Å². The van der Waals surface area contributed by atoms with Crippen molar-refractivity contribution in [3.63, 3.8) is 0 Å². The summed E-state index contributed by atoms with van der Waals surface area (Å²) >= 11 is 0. The van der Waals surface area contributed by atoms with Crippen LogP contribution in [0.2, 0.25) is 0 Å². The summed E-state index contributed by atoms with van der Waals surface area (Å²) in [5, 5.41) is 0.881. The molecule has 3 aromatic rings. The molecular formula is C23H26N4O3. The number of fused-ring (bicyclic) bond motifs is 1. The van der Waals surface area contributed by atoms with E-state index in [1.807, 2.05) is 31.2 Å². The average Bonchev–Trinajstić information content (AvgIpc) is 2.71. The number of hydrogen-bond acceptors (Lipinski definition) is 6. The summed E-state index contributed by atoms with van der Waals surface area (Å²) in [6.45, 7) is 3.83. The van der Waals surface area contributed by atoms with E-state index in [0.29, 0.717) is 12.0 Å². The first-order chi connectivity index (χ1) is 14.4. The van der Waals surface area contributed by atoms with Gasteiger partial charge in [-0.2, -0.15) is 0 Å². The Balaban J connectivity index is 1.92. The standard InChI is InChI=1S/C23H26N4O3/c1-14-12-19(27-10-5-11-27)20(22(28)26(14)2)17-8-7-15(13-18(24)23(29)30-3)16-6-4-9-25-21(16)17/h4,6-9,12,18H,5,10-11,13,24H2,1-3H3/t18-/m0/s1. The summed E-state index contributed by atoms with van der Waals surface area (Å²) in [5.41, 5.74) is 10.9. The molecule has 1 fully saturated rings. The number of aryl methyl sites for hydroxylation is 1. The highest BCUT2D eigenvalue weighted by Crippen LogP contribution is 2.36. The number of carbonyl (C=O) groups excluding carboxylic acids is 1. The maximum absolute atomic E-state index is 13.3. The number of nitrogens with two attached hydrogens (primary N) is 1. The average molecular weight is 406 g/mol. The van der Waals surface area contributed by atoms with Crippen LogP contribution in [0.25, 0.3) is 22.0 Å². The van der Waals surface area contributed by atoms with Crippen LogP contribution in [0, 0.1) is 6.92 Å². The second-order valence-electron chi connectivity index (χ2n) is 7.76. The third-order valence-electron chi connectivity index (χ3n) is 5.92. The fraction of sp³-hybridized carbons (Fsp3) is 0.348. The Bertz CT molecular complexity index is 1180. The maximum Gasteiger partial charge on any atom is 0.322 e. The monoisotopic (exact) mass is 406 g/mol. The first kappa shape index (κ1) is 20.1. The van der Waals surface area contributed by atoms with Crippen LogP contribution in [0.4, 0.5) is 5.69 Å². The fourth-order valence-electron chi connectivity index (χ4n) is 3.95. The van der Waals surface area contributed by atoms with Crippen LogP contribution in [-0.4, -0.2) is 41.8 Å². The number of pyridine rings is 2. The lowest BCUT2D eigenvalue weighted by Crippen LogP contribution is -2.39. The number of carbonyl (C=O) groups is 1. The quantitative estimate of drug-likeness (QED) is 0.653. The number of rotatable bonds is 5. The van der Waals surface area contributed by atoms with Gasteiger partial charge in [0, 0.05) is 43.0 Å². The largest absolute Gasteiger partial charge is 0.468 e. The van der Waals surface area contributed by atoms with Crippen LogP contribution in [0.1, 0.15) is 17.7 Å². The molecular weight excluding hydrogens is 380 g/mol. The molecule has 0 aliphatic carbocycles. The molecule has 1 aliphatic rings. The number of hydrogen-bond donors (Lipinski definition) is 1. The van der Waals surface area contributed by atoms with Gasteiger partial charge in [-0.15, -0.1) is 0 Å². The van der Waals surface area contributed by atoms with Crippen LogP contribution in [0.15, 0.2) is 41.3 Å². The van der Waals surface area contributed by atoms with E-state index in [9.17, 15) is 9.59 Å². The van der Waals surface area contributed by atoms with E-state index in [1.165, 1.54) is 7.11 Å². The zero-order chi connectivity index (χ0) is 21.4. The number of aromatic nitrogens is 2. The molecule has 2 N–H and O–H groups in total. The van der Waals surface area contributed by atoms with E-state index in [0.717, 1.165) is 52.9 Å². The molecule has 1 saturated heterocycles. The molecule has 1 aliphatic heterocycles. The van der Waals surface area contributed by atoms with Gasteiger partial charge in [0.05, 0.1) is 23.9 Å². The molecule has 7 nitrogen and oxygen atoms in total. The molecule has 3 heterocycles. The van der Waals surface area contributed by atoms with Gasteiger partial charge in [0.1, 0.15) is 6.04 Å². The molecule has 7 heteroatoms. The van der Waals surface area contributed by atoms with Gasteiger partial charge in [0.2, 0.25) is 0 Å². The van der Waals surface area contributed by atoms with E-state index in [4.69, 9.17) is 10.5 Å². The minimum Gasteiger partial charge on any atom is -0.468 e. The molecule has 0 amide bonds. The molecule has 0 spiro atoms. The van der Waals surface area contributed by atoms with Gasteiger partial charge >= 0.3 is 5.97 Å². The summed E-state index contributed by atoms with van der Waals surface area (Å²) in [6, 6.07) is 8.97. The van der Waals surface area contributed by atoms with Crippen molar-refractivity contribution in [2.45, 2.75) is 25.8 Å². The second kappa shape index (κ2) is 7.91. The third kappa shape index (κ3) is 3.35. The van der Waals surface area contributed by atoms with Crippen LogP contribution in [-0.2, 0) is 23.0 Å². The predicted octanol–water partition coefficient (Wildman–Crippen LogP) is 2.16. The van der Waals surface area contributed by atoms with E-state index < -0.39 is 12.0 Å². The van der Waals surface area contributed by atoms with Crippen LogP contribution >= 0.6 is 0 Å². The highest BCUT2D eigenvalue weighted by molar-refractivity contribution is 5.98. The first-order valence-corrected chi connectivity index (χ1v) is 10.1. The Labute approximate surface area is 175 Å². The van der Waals surface area contributed by atoms with Gasteiger partial charge < -0.3 is 19.9 Å². The molecule has 0 bridgehead atoms. The molecule has 1 aromatic carbocycles. The summed E-state index contributed by atoms with van der Waals surface area (Å²) < 4.78 is 6.44. The third-order valence-corrected chi connectivity index (χ3v) is 5.92. The summed E-state index contributed by atoms with van der Waals surface area (Å²) in [4.78, 5) is 32.0. The molecule has 0 saturated carbocycles. The van der Waals surface area contributed by atoms with Gasteiger partial charge in [-0.3, -0.25) is 14.6 Å². The molecule has 4 rings (SSSR count). The Morgan fingerprint density at radius 1 is 1.30 bits per heavy atom. The van der Waals surface area contributed by atoms with Crippen molar-refractivity contribution in [1.82, 2.24) is 9.55 Å². The van der Waals surface area contributed by atoms with Crippen molar-refractivity contribution in [2.24, 2.45) is 12.8 Å². The van der Waals surface area contributed by atoms with Crippen LogP contribution < -0.4 is 16.2 Å². The second-order valence-corrected chi connectivity index (χ2v) is 7.76. The van der Waals surface area contributed by atoms with Crippen molar-refractivity contribution < 1.29 is 9.53 Å². The zero-order valence-corrected chi connectivity index (χ0v) is 17.5. The topological polar surface area (TPSA) is 90.5 Å². The van der Waals surface area contributed by atoms with Crippen molar-refractivity contribution >= 4 is 22.6 Å². The number of esters is 1. The summed E-state index contributed by atoms with van der Waals surface area (Å²) in [6.07, 6.45) is 3.18. The van der Waals surface area contributed by atoms with Gasteiger partial charge in [-0.1, -0.05) is 18.2 Å². The number of nitrogens with zero attached hydrogens (tertiary/aromatic N) is 3. The number of anilines is 1. The van der Waals surface area contributed by atoms with Crippen molar-refractivity contribution in [1.29, 1.82) is 0 Å². The predicted molar refractivity (Wildman–Crippen MR) is 118 cm³/mol. The highest BCUT2D eigenvalue weighted by Gasteiger charge is 2.25. The first-order valence-electron chi connectivity index (χ1n) is 10.1. The highest BCUT2D eigenvalue weighted by atomic mass is 16.5. The smallest absolute Gasteiger partial charge is 0.322 e. The van der Waals surface area contributed by atoms with Gasteiger partial charge in [0.15, 0.2) is 0 Å². The minimum atomic E-state index is -0.756. The van der Waals surface area contributed by atoms with E-state index in [-0.39, 0.29) is 5.56 Å². The SMILES string of the molecule is COC(=O)[C@@H](N)Cc1ccc(-c2c(N3CCC3)cc(C)n(C)c2=O)c2ncccc12. The Hall–Kier alpha value is -3.19. The van der Waals surface area contributed by atoms with Crippen LogP contribution in [0.3, 0.4) is 0 Å². The fourth-order valence-corrected chi connectivity index (χ4v) is 3.95. The van der Waals surface area contributed by atoms with E-state index >= 15 is 0 Å². The molecule has 0 radical (unpaired) electrons. The number of methoxy groups -OCH3 is 1. The molecule has 156 valence electrons. The molecule has 2 aromatic heterocycles. The Morgan fingerprint density at radius 2 is 2.07 bits per heavy atom. The normalized spacial score (nSPS) is 14.5. The lowest BCUT2D eigenvalue weighted by atomic mass is 9.94. The lowest BCUT2D eigenvalue weighted by molar-refractivity contribution is -0.142. The number of ether oxygens (including phenoxy) is 1. The van der Waals surface area contributed by atoms with Crippen LogP contribution in [0.5, 0.6) is 0 Å². The summed E-state index contributed by atoms with van der Waals surface area (Å²) in [5.74, 6) is -0.455. The van der Waals surface area contributed by atoms with Crippen molar-refractivity contribution in [3.8, 4) is 11.1 Å². The zero-order valence-electron chi connectivity index (χ0n) is 17.5. The maximum atomic E-state index is 13.3. The molecule has 0 unspecified atom stereocenters. The summed E-state index contributed by atoms with van der Waals surface area (Å²) in [7, 11) is 3.12. The lowest BCUT2D eigenvalue weighted by Gasteiger charge is -2.35. The Kier molecular flexibility index (Phi) is 5.30. The number of benzene rings is 1. The molecule has 1 atom stereocenters. The van der Waals surface area contributed by atoms with Gasteiger partial charge in [-0.05, 0) is 37.5 Å². The minimum absolute atomic E-state index is 0.0390. The van der Waals surface area contributed by atoms with Crippen molar-refractivity contribution in [3.05, 3.63) is 58.1 Å². The van der Waals surface area contributed by atoms with Crippen molar-refractivity contribution in [2.75, 3.05) is 25.1 Å². The molecule has 30 heavy (non-hydrogen) atoms. The van der Waals surface area contributed by atoms with Gasteiger partial charge in [0.25, 0.3) is 5.56 Å². The van der Waals surface area contributed by atoms with E-state index in [1.54, 1.807) is 17.8 Å². The Morgan fingerprint density at radius 3 is 2.73 bits per heavy atom.